The van der Waals surface area contributed by atoms with Gasteiger partial charge in [0, 0.05) is 10.4 Å². The molecule has 2 N–H and O–H groups in total. The molecule has 19 heavy (non-hydrogen) atoms. The van der Waals surface area contributed by atoms with Crippen molar-refractivity contribution in [1.82, 2.24) is 4.98 Å². The zero-order valence-electron chi connectivity index (χ0n) is 11.0. The van der Waals surface area contributed by atoms with Gasteiger partial charge in [-0.15, -0.1) is 11.3 Å². The second-order valence-electron chi connectivity index (χ2n) is 4.99. The van der Waals surface area contributed by atoms with E-state index >= 15 is 0 Å². The van der Waals surface area contributed by atoms with Gasteiger partial charge >= 0.3 is 0 Å². The Labute approximate surface area is 116 Å². The van der Waals surface area contributed by atoms with E-state index in [-0.39, 0.29) is 6.79 Å². The third-order valence-corrected chi connectivity index (χ3v) is 3.86. The van der Waals surface area contributed by atoms with Crippen LogP contribution in [0.15, 0.2) is 18.2 Å². The summed E-state index contributed by atoms with van der Waals surface area (Å²) in [6.07, 6.45) is 0.985. The zero-order valence-corrected chi connectivity index (χ0v) is 11.8. The summed E-state index contributed by atoms with van der Waals surface area (Å²) in [6.45, 7) is 4.68. The minimum absolute atomic E-state index is 0.289. The summed E-state index contributed by atoms with van der Waals surface area (Å²) in [6, 6.07) is 5.90. The topological polar surface area (TPSA) is 57.4 Å². The van der Waals surface area contributed by atoms with Crippen molar-refractivity contribution in [2.24, 2.45) is 5.92 Å². The second kappa shape index (κ2) is 4.74. The molecule has 0 saturated heterocycles. The maximum Gasteiger partial charge on any atom is 0.231 e. The Morgan fingerprint density at radius 3 is 2.89 bits per heavy atom. The van der Waals surface area contributed by atoms with Crippen molar-refractivity contribution >= 4 is 16.5 Å². The molecule has 0 fully saturated rings. The monoisotopic (exact) mass is 276 g/mol. The molecular weight excluding hydrogens is 260 g/mol. The van der Waals surface area contributed by atoms with Crippen LogP contribution in [0.4, 0.5) is 5.13 Å². The summed E-state index contributed by atoms with van der Waals surface area (Å²) >= 11 is 1.57. The number of thiazole rings is 1. The summed E-state index contributed by atoms with van der Waals surface area (Å²) < 4.78 is 10.7. The Hall–Kier alpha value is -1.75. The fourth-order valence-corrected chi connectivity index (χ4v) is 3.21. The third kappa shape index (κ3) is 2.38. The van der Waals surface area contributed by atoms with E-state index in [1.54, 1.807) is 11.3 Å². The van der Waals surface area contributed by atoms with E-state index in [9.17, 15) is 0 Å². The summed E-state index contributed by atoms with van der Waals surface area (Å²) in [7, 11) is 0. The molecule has 0 unspecified atom stereocenters. The molecule has 2 heterocycles. The average Bonchev–Trinajstić information content (AvgIpc) is 2.93. The van der Waals surface area contributed by atoms with E-state index in [0.29, 0.717) is 11.0 Å². The Morgan fingerprint density at radius 2 is 2.11 bits per heavy atom. The predicted octanol–water partition coefficient (Wildman–Crippen LogP) is 3.32. The molecule has 0 amide bonds. The van der Waals surface area contributed by atoms with Gasteiger partial charge in [0.05, 0.1) is 5.69 Å². The highest BCUT2D eigenvalue weighted by Crippen LogP contribution is 2.38. The van der Waals surface area contributed by atoms with Crippen LogP contribution in [0.3, 0.4) is 0 Å². The number of aromatic nitrogens is 1. The zero-order chi connectivity index (χ0) is 13.4. The van der Waals surface area contributed by atoms with Gasteiger partial charge in [-0.05, 0) is 30.5 Å². The quantitative estimate of drug-likeness (QED) is 0.934. The maximum absolute atomic E-state index is 5.86. The van der Waals surface area contributed by atoms with Gasteiger partial charge in [-0.3, -0.25) is 0 Å². The van der Waals surface area contributed by atoms with Crippen LogP contribution < -0.4 is 15.2 Å². The number of ether oxygens (including phenoxy) is 2. The summed E-state index contributed by atoms with van der Waals surface area (Å²) in [5.41, 5.74) is 7.86. The van der Waals surface area contributed by atoms with E-state index in [1.165, 1.54) is 4.88 Å². The van der Waals surface area contributed by atoms with Crippen molar-refractivity contribution in [2.75, 3.05) is 12.5 Å². The molecule has 1 aliphatic heterocycles. The summed E-state index contributed by atoms with van der Waals surface area (Å²) in [5.74, 6) is 2.14. The Balaban J connectivity index is 2.01. The SMILES string of the molecule is CC(C)Cc1sc(N)nc1-c1ccc2c(c1)OCO2. The van der Waals surface area contributed by atoms with E-state index in [0.717, 1.165) is 29.2 Å². The van der Waals surface area contributed by atoms with Gasteiger partial charge in [0.2, 0.25) is 6.79 Å². The van der Waals surface area contributed by atoms with Crippen LogP contribution in [0.2, 0.25) is 0 Å². The van der Waals surface area contributed by atoms with Crippen LogP contribution in [-0.4, -0.2) is 11.8 Å². The Bertz CT molecular complexity index is 607. The number of benzene rings is 1. The molecular formula is C14H16N2O2S. The van der Waals surface area contributed by atoms with Gasteiger partial charge in [0.25, 0.3) is 0 Å². The minimum atomic E-state index is 0.289. The Kier molecular flexibility index (Phi) is 3.06. The first-order valence-electron chi connectivity index (χ1n) is 6.28. The lowest BCUT2D eigenvalue weighted by molar-refractivity contribution is 0.174. The molecule has 0 bridgehead atoms. The molecule has 1 aliphatic rings. The number of nitrogens with two attached hydrogens (primary N) is 1. The molecule has 3 rings (SSSR count). The van der Waals surface area contributed by atoms with Gasteiger partial charge in [0.15, 0.2) is 16.6 Å². The normalized spacial score (nSPS) is 13.2. The average molecular weight is 276 g/mol. The molecule has 0 aliphatic carbocycles. The van der Waals surface area contributed by atoms with E-state index in [2.05, 4.69) is 18.8 Å². The number of hydrogen-bond acceptors (Lipinski definition) is 5. The largest absolute Gasteiger partial charge is 0.454 e. The molecule has 0 atom stereocenters. The fourth-order valence-electron chi connectivity index (χ4n) is 2.15. The molecule has 0 radical (unpaired) electrons. The van der Waals surface area contributed by atoms with Gasteiger partial charge in [-0.2, -0.15) is 0 Å². The number of hydrogen-bond donors (Lipinski definition) is 1. The van der Waals surface area contributed by atoms with Crippen molar-refractivity contribution < 1.29 is 9.47 Å². The number of fused-ring (bicyclic) bond motifs is 1. The molecule has 0 spiro atoms. The van der Waals surface area contributed by atoms with E-state index in [1.807, 2.05) is 18.2 Å². The van der Waals surface area contributed by atoms with Crippen molar-refractivity contribution in [3.8, 4) is 22.8 Å². The third-order valence-electron chi connectivity index (χ3n) is 2.95. The molecule has 0 saturated carbocycles. The lowest BCUT2D eigenvalue weighted by Crippen LogP contribution is -1.94. The molecule has 1 aromatic carbocycles. The van der Waals surface area contributed by atoms with Crippen molar-refractivity contribution in [3.05, 3.63) is 23.1 Å². The standard InChI is InChI=1S/C14H16N2O2S/c1-8(2)5-12-13(16-14(15)19-12)9-3-4-10-11(6-9)18-7-17-10/h3-4,6,8H,5,7H2,1-2H3,(H2,15,16). The minimum Gasteiger partial charge on any atom is -0.454 e. The molecule has 1 aromatic heterocycles. The Morgan fingerprint density at radius 1 is 1.32 bits per heavy atom. The number of nitrogen functional groups attached to an aromatic ring is 1. The van der Waals surface area contributed by atoms with E-state index in [4.69, 9.17) is 15.2 Å². The fraction of sp³-hybridized carbons (Fsp3) is 0.357. The first-order valence-corrected chi connectivity index (χ1v) is 7.10. The maximum atomic E-state index is 5.86. The summed E-state index contributed by atoms with van der Waals surface area (Å²) in [4.78, 5) is 5.69. The lowest BCUT2D eigenvalue weighted by Gasteiger charge is -2.05. The lowest BCUT2D eigenvalue weighted by atomic mass is 10.0. The highest BCUT2D eigenvalue weighted by atomic mass is 32.1. The van der Waals surface area contributed by atoms with Crippen molar-refractivity contribution in [3.63, 3.8) is 0 Å². The smallest absolute Gasteiger partial charge is 0.231 e. The molecule has 2 aromatic rings. The first kappa shape index (κ1) is 12.3. The van der Waals surface area contributed by atoms with Gasteiger partial charge < -0.3 is 15.2 Å². The van der Waals surface area contributed by atoms with E-state index < -0.39 is 0 Å². The van der Waals surface area contributed by atoms with Crippen LogP contribution in [-0.2, 0) is 6.42 Å². The van der Waals surface area contributed by atoms with Crippen LogP contribution in [0.25, 0.3) is 11.3 Å². The number of anilines is 1. The van der Waals surface area contributed by atoms with Gasteiger partial charge in [0.1, 0.15) is 0 Å². The van der Waals surface area contributed by atoms with Crippen molar-refractivity contribution in [1.29, 1.82) is 0 Å². The van der Waals surface area contributed by atoms with Gasteiger partial charge in [-0.25, -0.2) is 4.98 Å². The van der Waals surface area contributed by atoms with Crippen molar-refractivity contribution in [2.45, 2.75) is 20.3 Å². The van der Waals surface area contributed by atoms with Crippen LogP contribution in [0, 0.1) is 5.92 Å². The predicted molar refractivity (Wildman–Crippen MR) is 76.6 cm³/mol. The first-order chi connectivity index (χ1) is 9.13. The molecule has 5 heteroatoms. The highest BCUT2D eigenvalue weighted by molar-refractivity contribution is 7.15. The van der Waals surface area contributed by atoms with Crippen LogP contribution in [0.5, 0.6) is 11.5 Å². The number of nitrogens with zero attached hydrogens (tertiary/aromatic N) is 1. The molecule has 4 nitrogen and oxygen atoms in total. The van der Waals surface area contributed by atoms with Gasteiger partial charge in [-0.1, -0.05) is 13.8 Å². The van der Waals surface area contributed by atoms with Crippen LogP contribution >= 0.6 is 11.3 Å². The summed E-state index contributed by atoms with van der Waals surface area (Å²) in [5, 5.41) is 0.614. The highest BCUT2D eigenvalue weighted by Gasteiger charge is 2.18. The molecule has 100 valence electrons. The van der Waals surface area contributed by atoms with Crippen LogP contribution in [0.1, 0.15) is 18.7 Å². The second-order valence-corrected chi connectivity index (χ2v) is 6.11. The number of rotatable bonds is 3.